The molecule has 0 aliphatic heterocycles. The first-order valence-corrected chi connectivity index (χ1v) is 5.71. The van der Waals surface area contributed by atoms with Gasteiger partial charge in [0.1, 0.15) is 0 Å². The van der Waals surface area contributed by atoms with E-state index in [1.165, 1.54) is 5.57 Å². The van der Waals surface area contributed by atoms with E-state index in [4.69, 9.17) is 5.26 Å². The molecule has 0 aromatic heterocycles. The van der Waals surface area contributed by atoms with E-state index in [1.807, 2.05) is 24.3 Å². The molecule has 0 fully saturated rings. The summed E-state index contributed by atoms with van der Waals surface area (Å²) in [6.07, 6.45) is 3.12. The molecule has 0 radical (unpaired) electrons. The number of rotatable bonds is 5. The zero-order valence-corrected chi connectivity index (χ0v) is 9.96. The van der Waals surface area contributed by atoms with Crippen LogP contribution in [0, 0.1) is 11.3 Å². The molecule has 0 saturated carbocycles. The van der Waals surface area contributed by atoms with Crippen LogP contribution in [-0.2, 0) is 0 Å². The van der Waals surface area contributed by atoms with E-state index in [-0.39, 0.29) is 0 Å². The van der Waals surface area contributed by atoms with Crippen molar-refractivity contribution in [2.45, 2.75) is 20.3 Å². The summed E-state index contributed by atoms with van der Waals surface area (Å²) < 4.78 is 0. The van der Waals surface area contributed by atoms with Crippen molar-refractivity contribution in [3.05, 3.63) is 41.0 Å². The van der Waals surface area contributed by atoms with Gasteiger partial charge in [0.05, 0.1) is 11.6 Å². The quantitative estimate of drug-likeness (QED) is 0.818. The monoisotopic (exact) mass is 214 g/mol. The first-order chi connectivity index (χ1) is 7.81. The van der Waals surface area contributed by atoms with Gasteiger partial charge < -0.3 is 5.32 Å². The van der Waals surface area contributed by atoms with Crippen LogP contribution in [0.2, 0.25) is 0 Å². The van der Waals surface area contributed by atoms with Crippen LogP contribution >= 0.6 is 0 Å². The number of nitrogens with zero attached hydrogens (tertiary/aromatic N) is 1. The Hall–Kier alpha value is -1.59. The summed E-state index contributed by atoms with van der Waals surface area (Å²) in [6, 6.07) is 9.92. The summed E-state index contributed by atoms with van der Waals surface area (Å²) in [4.78, 5) is 0. The lowest BCUT2D eigenvalue weighted by molar-refractivity contribution is 0.762. The van der Waals surface area contributed by atoms with Crippen molar-refractivity contribution < 1.29 is 0 Å². The third kappa shape index (κ3) is 3.52. The normalized spacial score (nSPS) is 11.2. The zero-order valence-electron chi connectivity index (χ0n) is 9.96. The Bertz CT molecular complexity index is 399. The molecule has 2 nitrogen and oxygen atoms in total. The fourth-order valence-corrected chi connectivity index (χ4v) is 1.51. The molecule has 84 valence electrons. The lowest BCUT2D eigenvalue weighted by Gasteiger charge is -2.06. The topological polar surface area (TPSA) is 35.8 Å². The maximum absolute atomic E-state index is 8.99. The molecule has 0 amide bonds. The Morgan fingerprint density at radius 2 is 2.12 bits per heavy atom. The lowest BCUT2D eigenvalue weighted by Crippen LogP contribution is -2.15. The summed E-state index contributed by atoms with van der Waals surface area (Å²) in [5.41, 5.74) is 3.08. The third-order valence-corrected chi connectivity index (χ3v) is 2.50. The molecule has 1 aromatic carbocycles. The first kappa shape index (κ1) is 12.5. The predicted molar refractivity (Wildman–Crippen MR) is 68.0 cm³/mol. The molecule has 0 atom stereocenters. The lowest BCUT2D eigenvalue weighted by atomic mass is 10.0. The van der Waals surface area contributed by atoms with Crippen molar-refractivity contribution in [3.8, 4) is 6.07 Å². The molecule has 1 rings (SSSR count). The minimum absolute atomic E-state index is 0.741. The van der Waals surface area contributed by atoms with Gasteiger partial charge in [0.15, 0.2) is 0 Å². The van der Waals surface area contributed by atoms with Gasteiger partial charge >= 0.3 is 0 Å². The molecular formula is C14H18N2. The van der Waals surface area contributed by atoms with E-state index < -0.39 is 0 Å². The Morgan fingerprint density at radius 3 is 2.75 bits per heavy atom. The second-order valence-corrected chi connectivity index (χ2v) is 3.64. The third-order valence-electron chi connectivity index (χ3n) is 2.50. The van der Waals surface area contributed by atoms with Crippen molar-refractivity contribution in [2.24, 2.45) is 0 Å². The smallest absolute Gasteiger partial charge is 0.0997 e. The zero-order chi connectivity index (χ0) is 11.8. The summed E-state index contributed by atoms with van der Waals surface area (Å²) in [7, 11) is 0. The van der Waals surface area contributed by atoms with E-state index in [1.54, 1.807) is 0 Å². The van der Waals surface area contributed by atoms with Gasteiger partial charge in [-0.05, 0) is 24.6 Å². The van der Waals surface area contributed by atoms with Crippen molar-refractivity contribution >= 4 is 6.08 Å². The SMILES string of the molecule is CCNC/C(=C/c1ccccc1C#N)CC. The molecule has 2 heteroatoms. The highest BCUT2D eigenvalue weighted by Gasteiger charge is 1.99. The van der Waals surface area contributed by atoms with E-state index in [2.05, 4.69) is 31.3 Å². The van der Waals surface area contributed by atoms with Crippen LogP contribution in [0.4, 0.5) is 0 Å². The molecule has 1 aromatic rings. The average molecular weight is 214 g/mol. The largest absolute Gasteiger partial charge is 0.313 e. The van der Waals surface area contributed by atoms with Crippen molar-refractivity contribution in [2.75, 3.05) is 13.1 Å². The van der Waals surface area contributed by atoms with E-state index >= 15 is 0 Å². The second-order valence-electron chi connectivity index (χ2n) is 3.64. The molecule has 16 heavy (non-hydrogen) atoms. The molecule has 0 spiro atoms. The van der Waals surface area contributed by atoms with Crippen LogP contribution in [0.25, 0.3) is 6.08 Å². The molecule has 1 N–H and O–H groups in total. The molecule has 0 aliphatic carbocycles. The van der Waals surface area contributed by atoms with Crippen LogP contribution in [-0.4, -0.2) is 13.1 Å². The molecule has 0 unspecified atom stereocenters. The van der Waals surface area contributed by atoms with Gasteiger partial charge in [0.2, 0.25) is 0 Å². The number of nitriles is 1. The highest BCUT2D eigenvalue weighted by molar-refractivity contribution is 5.60. The minimum Gasteiger partial charge on any atom is -0.313 e. The predicted octanol–water partition coefficient (Wildman–Crippen LogP) is 2.96. The van der Waals surface area contributed by atoms with Crippen molar-refractivity contribution in [3.63, 3.8) is 0 Å². The van der Waals surface area contributed by atoms with Crippen molar-refractivity contribution in [1.29, 1.82) is 5.26 Å². The summed E-state index contributed by atoms with van der Waals surface area (Å²) in [5.74, 6) is 0. The molecule has 0 saturated heterocycles. The van der Waals surface area contributed by atoms with Gasteiger partial charge in [-0.25, -0.2) is 0 Å². The number of nitrogens with one attached hydrogen (secondary N) is 1. The number of hydrogen-bond donors (Lipinski definition) is 1. The number of hydrogen-bond acceptors (Lipinski definition) is 2. The Morgan fingerprint density at radius 1 is 1.38 bits per heavy atom. The van der Waals surface area contributed by atoms with E-state index in [9.17, 15) is 0 Å². The van der Waals surface area contributed by atoms with Gasteiger partial charge in [-0.15, -0.1) is 0 Å². The van der Waals surface area contributed by atoms with Gasteiger partial charge in [-0.2, -0.15) is 5.26 Å². The van der Waals surface area contributed by atoms with Crippen LogP contribution in [0.3, 0.4) is 0 Å². The molecule has 0 bridgehead atoms. The fraction of sp³-hybridized carbons (Fsp3) is 0.357. The van der Waals surface area contributed by atoms with Crippen LogP contribution in [0.1, 0.15) is 31.4 Å². The highest BCUT2D eigenvalue weighted by Crippen LogP contribution is 2.13. The van der Waals surface area contributed by atoms with Gasteiger partial charge in [0, 0.05) is 6.54 Å². The Balaban J connectivity index is 2.90. The molecule has 0 aliphatic rings. The minimum atomic E-state index is 0.741. The van der Waals surface area contributed by atoms with Crippen LogP contribution in [0.5, 0.6) is 0 Å². The molecule has 0 heterocycles. The fourth-order valence-electron chi connectivity index (χ4n) is 1.51. The number of likely N-dealkylation sites (N-methyl/N-ethyl adjacent to an activating group) is 1. The standard InChI is InChI=1S/C14H18N2/c1-3-12(11-16-4-2)9-13-7-5-6-8-14(13)10-15/h5-9,16H,3-4,11H2,1-2H3/b12-9+. The second kappa shape index (κ2) is 6.81. The maximum atomic E-state index is 8.99. The Kier molecular flexibility index (Phi) is 5.31. The Labute approximate surface area is 97.6 Å². The summed E-state index contributed by atoms with van der Waals surface area (Å²) in [5, 5.41) is 12.3. The van der Waals surface area contributed by atoms with Crippen molar-refractivity contribution in [1.82, 2.24) is 5.32 Å². The van der Waals surface area contributed by atoms with Crippen LogP contribution < -0.4 is 5.32 Å². The highest BCUT2D eigenvalue weighted by atomic mass is 14.8. The first-order valence-electron chi connectivity index (χ1n) is 5.71. The van der Waals surface area contributed by atoms with E-state index in [0.29, 0.717) is 0 Å². The maximum Gasteiger partial charge on any atom is 0.0997 e. The van der Waals surface area contributed by atoms with E-state index in [0.717, 1.165) is 30.6 Å². The molecular weight excluding hydrogens is 196 g/mol. The average Bonchev–Trinajstić information content (AvgIpc) is 2.34. The van der Waals surface area contributed by atoms with Gasteiger partial charge in [-0.1, -0.05) is 43.7 Å². The van der Waals surface area contributed by atoms with Crippen LogP contribution in [0.15, 0.2) is 29.8 Å². The van der Waals surface area contributed by atoms with Gasteiger partial charge in [-0.3, -0.25) is 0 Å². The summed E-state index contributed by atoms with van der Waals surface area (Å²) >= 11 is 0. The van der Waals surface area contributed by atoms with Gasteiger partial charge in [0.25, 0.3) is 0 Å². The summed E-state index contributed by atoms with van der Waals surface area (Å²) in [6.45, 7) is 6.10. The number of benzene rings is 1.